The first-order valence-electron chi connectivity index (χ1n) is 11.6. The number of anilines is 1. The average Bonchev–Trinajstić information content (AvgIpc) is 3.41. The molecule has 35 heavy (non-hydrogen) atoms. The van der Waals surface area contributed by atoms with Crippen LogP contribution in [0.2, 0.25) is 0 Å². The van der Waals surface area contributed by atoms with Crippen molar-refractivity contribution in [1.82, 2.24) is 9.78 Å². The first-order chi connectivity index (χ1) is 16.8. The van der Waals surface area contributed by atoms with Crippen LogP contribution in [0.5, 0.6) is 17.2 Å². The molecule has 5 N–H and O–H groups in total. The van der Waals surface area contributed by atoms with Gasteiger partial charge in [-0.05, 0) is 72.0 Å². The van der Waals surface area contributed by atoms with E-state index in [-0.39, 0.29) is 24.0 Å². The van der Waals surface area contributed by atoms with Gasteiger partial charge in [0, 0.05) is 36.8 Å². The molecule has 0 aliphatic heterocycles. The van der Waals surface area contributed by atoms with Gasteiger partial charge in [0.1, 0.15) is 11.9 Å². The largest absolute Gasteiger partial charge is 0.504 e. The number of rotatable bonds is 7. The molecule has 0 spiro atoms. The van der Waals surface area contributed by atoms with Crippen molar-refractivity contribution in [2.75, 3.05) is 5.73 Å². The Hall–Kier alpha value is -4.20. The summed E-state index contributed by atoms with van der Waals surface area (Å²) in [6, 6.07) is 12.9. The Labute approximate surface area is 202 Å². The molecule has 1 aliphatic carbocycles. The van der Waals surface area contributed by atoms with Crippen LogP contribution in [-0.4, -0.2) is 37.2 Å². The SMILES string of the molecule is CCn1ncc2cc(-c3cc(CCC(=O)O)cc(N)c3OC3Cc4cc(O)c(O)cc4C3)ccc21. The van der Waals surface area contributed by atoms with Crippen molar-refractivity contribution in [2.45, 2.75) is 45.3 Å². The second-order valence-electron chi connectivity index (χ2n) is 8.95. The monoisotopic (exact) mass is 473 g/mol. The Morgan fingerprint density at radius 1 is 1.11 bits per heavy atom. The van der Waals surface area contributed by atoms with E-state index in [1.807, 2.05) is 42.1 Å². The third-order valence-corrected chi connectivity index (χ3v) is 6.53. The number of aromatic hydroxyl groups is 2. The van der Waals surface area contributed by atoms with Crippen molar-refractivity contribution in [3.05, 3.63) is 65.4 Å². The molecular weight excluding hydrogens is 446 g/mol. The lowest BCUT2D eigenvalue weighted by Crippen LogP contribution is -2.18. The molecule has 1 heterocycles. The zero-order valence-electron chi connectivity index (χ0n) is 19.4. The molecule has 4 aromatic rings. The minimum absolute atomic E-state index is 0.00626. The molecule has 1 aromatic heterocycles. The number of carboxylic acid groups (broad SMARTS) is 1. The Kier molecular flexibility index (Phi) is 5.72. The van der Waals surface area contributed by atoms with E-state index in [1.165, 1.54) is 0 Å². The molecule has 0 fully saturated rings. The topological polar surface area (TPSA) is 131 Å². The van der Waals surface area contributed by atoms with Crippen LogP contribution in [0, 0.1) is 0 Å². The summed E-state index contributed by atoms with van der Waals surface area (Å²) < 4.78 is 8.37. The van der Waals surface area contributed by atoms with Crippen molar-refractivity contribution < 1.29 is 24.9 Å². The molecule has 180 valence electrons. The summed E-state index contributed by atoms with van der Waals surface area (Å²) in [7, 11) is 0. The number of ether oxygens (including phenoxy) is 1. The standard InChI is InChI=1S/C27H27N3O5/c1-2-30-23-5-4-16(9-19(23)14-29-30)21-7-15(3-6-26(33)34)8-22(28)27(21)35-20-10-17-12-24(31)25(32)13-18(17)11-20/h4-5,7-9,12-14,20,31-32H,2-3,6,10-11,28H2,1H3,(H,33,34). The van der Waals surface area contributed by atoms with Crippen molar-refractivity contribution in [3.63, 3.8) is 0 Å². The maximum Gasteiger partial charge on any atom is 0.303 e. The van der Waals surface area contributed by atoms with Gasteiger partial charge in [0.05, 0.1) is 17.4 Å². The third kappa shape index (κ3) is 4.35. The Balaban J connectivity index is 1.53. The maximum absolute atomic E-state index is 11.1. The number of nitrogens with two attached hydrogens (primary N) is 1. The van der Waals surface area contributed by atoms with Gasteiger partial charge in [-0.2, -0.15) is 5.10 Å². The van der Waals surface area contributed by atoms with Crippen LogP contribution < -0.4 is 10.5 Å². The van der Waals surface area contributed by atoms with Gasteiger partial charge in [0.25, 0.3) is 0 Å². The second kappa shape index (κ2) is 8.87. The van der Waals surface area contributed by atoms with E-state index >= 15 is 0 Å². The molecule has 0 saturated heterocycles. The molecule has 0 unspecified atom stereocenters. The highest BCUT2D eigenvalue weighted by atomic mass is 16.5. The second-order valence-corrected chi connectivity index (χ2v) is 8.95. The normalized spacial score (nSPS) is 13.3. The van der Waals surface area contributed by atoms with Gasteiger partial charge < -0.3 is 25.8 Å². The molecule has 0 radical (unpaired) electrons. The lowest BCUT2D eigenvalue weighted by Gasteiger charge is -2.20. The highest BCUT2D eigenvalue weighted by molar-refractivity contribution is 5.88. The molecule has 8 heteroatoms. The Morgan fingerprint density at radius 2 is 1.83 bits per heavy atom. The van der Waals surface area contributed by atoms with Gasteiger partial charge in [-0.25, -0.2) is 0 Å². The van der Waals surface area contributed by atoms with Gasteiger partial charge in [0.15, 0.2) is 11.5 Å². The highest BCUT2D eigenvalue weighted by Crippen LogP contribution is 2.41. The quantitative estimate of drug-likeness (QED) is 0.233. The van der Waals surface area contributed by atoms with E-state index in [4.69, 9.17) is 15.6 Å². The number of nitrogens with zero attached hydrogens (tertiary/aromatic N) is 2. The molecular formula is C27H27N3O5. The van der Waals surface area contributed by atoms with E-state index in [0.29, 0.717) is 30.7 Å². The number of aromatic nitrogens is 2. The number of nitrogen functional groups attached to an aromatic ring is 1. The van der Waals surface area contributed by atoms with Crippen molar-refractivity contribution in [3.8, 4) is 28.4 Å². The molecule has 0 bridgehead atoms. The lowest BCUT2D eigenvalue weighted by atomic mass is 9.97. The zero-order valence-corrected chi connectivity index (χ0v) is 19.4. The smallest absolute Gasteiger partial charge is 0.303 e. The van der Waals surface area contributed by atoms with Crippen LogP contribution in [0.15, 0.2) is 48.7 Å². The van der Waals surface area contributed by atoms with Gasteiger partial charge in [-0.15, -0.1) is 0 Å². The van der Waals surface area contributed by atoms with E-state index in [0.717, 1.165) is 45.3 Å². The molecule has 8 nitrogen and oxygen atoms in total. The average molecular weight is 474 g/mol. The highest BCUT2D eigenvalue weighted by Gasteiger charge is 2.27. The Morgan fingerprint density at radius 3 is 2.49 bits per heavy atom. The number of carboxylic acids is 1. The fraction of sp³-hybridized carbons (Fsp3) is 0.259. The Bertz CT molecular complexity index is 1410. The third-order valence-electron chi connectivity index (χ3n) is 6.53. The summed E-state index contributed by atoms with van der Waals surface area (Å²) in [5, 5.41) is 34.3. The van der Waals surface area contributed by atoms with E-state index in [1.54, 1.807) is 18.2 Å². The van der Waals surface area contributed by atoms with Crippen LogP contribution in [0.1, 0.15) is 30.0 Å². The van der Waals surface area contributed by atoms with Crippen LogP contribution in [0.3, 0.4) is 0 Å². The number of carbonyl (C=O) groups is 1. The number of hydrogen-bond donors (Lipinski definition) is 4. The number of fused-ring (bicyclic) bond motifs is 2. The number of benzene rings is 3. The zero-order chi connectivity index (χ0) is 24.7. The molecule has 0 saturated carbocycles. The summed E-state index contributed by atoms with van der Waals surface area (Å²) >= 11 is 0. The van der Waals surface area contributed by atoms with E-state index < -0.39 is 5.97 Å². The number of hydrogen-bond acceptors (Lipinski definition) is 6. The van der Waals surface area contributed by atoms with Crippen LogP contribution in [0.4, 0.5) is 5.69 Å². The van der Waals surface area contributed by atoms with Gasteiger partial charge in [-0.3, -0.25) is 9.48 Å². The molecule has 0 amide bonds. The van der Waals surface area contributed by atoms with E-state index in [9.17, 15) is 15.0 Å². The summed E-state index contributed by atoms with van der Waals surface area (Å²) in [4.78, 5) is 11.1. The summed E-state index contributed by atoms with van der Waals surface area (Å²) in [5.41, 5.74) is 12.3. The van der Waals surface area contributed by atoms with Crippen molar-refractivity contribution in [2.24, 2.45) is 0 Å². The molecule has 1 aliphatic rings. The molecule has 0 atom stereocenters. The number of phenols is 2. The summed E-state index contributed by atoms with van der Waals surface area (Å²) in [5.74, 6) is -0.617. The number of aliphatic carboxylic acids is 1. The summed E-state index contributed by atoms with van der Waals surface area (Å²) in [6.45, 7) is 2.81. The lowest BCUT2D eigenvalue weighted by molar-refractivity contribution is -0.136. The van der Waals surface area contributed by atoms with Crippen molar-refractivity contribution in [1.29, 1.82) is 0 Å². The fourth-order valence-electron chi connectivity index (χ4n) is 4.82. The minimum Gasteiger partial charge on any atom is -0.504 e. The van der Waals surface area contributed by atoms with Gasteiger partial charge >= 0.3 is 5.97 Å². The number of aryl methyl sites for hydroxylation is 2. The fourth-order valence-corrected chi connectivity index (χ4v) is 4.82. The molecule has 3 aromatic carbocycles. The van der Waals surface area contributed by atoms with E-state index in [2.05, 4.69) is 5.10 Å². The van der Waals surface area contributed by atoms with Crippen molar-refractivity contribution >= 4 is 22.6 Å². The predicted molar refractivity (Wildman–Crippen MR) is 133 cm³/mol. The van der Waals surface area contributed by atoms with Crippen LogP contribution in [0.25, 0.3) is 22.0 Å². The number of phenolic OH excluding ortho intramolecular Hbond substituents is 2. The first-order valence-corrected chi connectivity index (χ1v) is 11.6. The summed E-state index contributed by atoms with van der Waals surface area (Å²) in [6.07, 6.45) is 3.12. The first kappa shape index (κ1) is 22.6. The maximum atomic E-state index is 11.1. The van der Waals surface area contributed by atoms with Crippen LogP contribution in [-0.2, 0) is 30.6 Å². The van der Waals surface area contributed by atoms with Gasteiger partial charge in [0.2, 0.25) is 0 Å². The predicted octanol–water partition coefficient (Wildman–Crippen LogP) is 4.28. The van der Waals surface area contributed by atoms with Crippen LogP contribution >= 0.6 is 0 Å². The minimum atomic E-state index is -0.867. The molecule has 5 rings (SSSR count). The van der Waals surface area contributed by atoms with Gasteiger partial charge in [-0.1, -0.05) is 6.07 Å².